The Morgan fingerprint density at radius 3 is 1.15 bits per heavy atom. The predicted octanol–water partition coefficient (Wildman–Crippen LogP) is 17.8. The topological polar surface area (TPSA) is 11.4 Å². The Morgan fingerprint density at radius 1 is 0.256 bits per heavy atom. The van der Waals surface area contributed by atoms with Crippen LogP contribution in [0.5, 0.6) is 0 Å². The van der Waals surface area contributed by atoms with Gasteiger partial charge in [0.25, 0.3) is 6.71 Å². The zero-order valence-corrected chi connectivity index (χ0v) is 42.6. The summed E-state index contributed by atoms with van der Waals surface area (Å²) in [7, 11) is 0. The number of fused-ring (bicyclic) bond motifs is 11. The van der Waals surface area contributed by atoms with Gasteiger partial charge in [-0.2, -0.15) is 0 Å². The molecule has 0 atom stereocenters. The van der Waals surface area contributed by atoms with Crippen molar-refractivity contribution in [1.82, 2.24) is 4.57 Å². The summed E-state index contributed by atoms with van der Waals surface area (Å²) in [5.74, 6) is 0. The minimum atomic E-state index is -0.121. The zero-order chi connectivity index (χ0) is 51.3. The molecule has 0 spiro atoms. The van der Waals surface area contributed by atoms with E-state index in [2.05, 4.69) is 306 Å². The van der Waals surface area contributed by atoms with Crippen molar-refractivity contribution in [2.45, 2.75) is 0 Å². The van der Waals surface area contributed by atoms with Gasteiger partial charge in [-0.05, 0) is 132 Å². The van der Waals surface area contributed by atoms with Crippen LogP contribution in [0.1, 0.15) is 0 Å². The fourth-order valence-corrected chi connectivity index (χ4v) is 13.0. The molecule has 362 valence electrons. The van der Waals surface area contributed by atoms with Crippen LogP contribution in [-0.2, 0) is 0 Å². The molecule has 0 radical (unpaired) electrons. The van der Waals surface area contributed by atoms with Gasteiger partial charge in [0.2, 0.25) is 0 Å². The summed E-state index contributed by atoms with van der Waals surface area (Å²) in [6.07, 6.45) is 0. The largest absolute Gasteiger partial charge is 0.311 e. The van der Waals surface area contributed by atoms with E-state index < -0.39 is 0 Å². The highest BCUT2D eigenvalue weighted by Gasteiger charge is 2.44. The average molecular weight is 990 g/mol. The van der Waals surface area contributed by atoms with Gasteiger partial charge >= 0.3 is 0 Å². The summed E-state index contributed by atoms with van der Waals surface area (Å²) >= 11 is 0. The maximum absolute atomic E-state index is 2.57. The minimum Gasteiger partial charge on any atom is -0.311 e. The van der Waals surface area contributed by atoms with E-state index >= 15 is 0 Å². The van der Waals surface area contributed by atoms with Gasteiger partial charge in [0, 0.05) is 50.3 Å². The molecule has 0 bridgehead atoms. The molecular formula is C74H48BN3. The standard InChI is InChI=1S/C74H48BN3/c1-5-17-49(18-6-1)53-29-37-59(38-30-53)76-67-42-35-57(51-21-9-3-10-22-51)45-65(67)75-66-46-58(52-23-11-4-12-24-52)36-43-68(66)77(60-39-31-54(32-40-60)50-19-7-2-8-20-50)71-48-61(47-70(76)73(71)75)78-69-44-34-55-25-13-15-27-62(55)72(69)64-41-33-56-26-14-16-28-63(56)74(64)78/h1-48H. The zero-order valence-electron chi connectivity index (χ0n) is 42.6. The van der Waals surface area contributed by atoms with E-state index in [1.807, 2.05) is 0 Å². The number of hydrogen-bond acceptors (Lipinski definition) is 2. The van der Waals surface area contributed by atoms with E-state index in [1.165, 1.54) is 104 Å². The molecule has 3 nitrogen and oxygen atoms in total. The third kappa shape index (κ3) is 6.93. The van der Waals surface area contributed by atoms with Crippen molar-refractivity contribution < 1.29 is 0 Å². The fourth-order valence-electron chi connectivity index (χ4n) is 13.0. The Morgan fingerprint density at radius 2 is 0.654 bits per heavy atom. The van der Waals surface area contributed by atoms with Crippen molar-refractivity contribution in [2.24, 2.45) is 0 Å². The first kappa shape index (κ1) is 44.2. The predicted molar refractivity (Wildman–Crippen MR) is 332 cm³/mol. The molecule has 78 heavy (non-hydrogen) atoms. The maximum atomic E-state index is 2.57. The van der Waals surface area contributed by atoms with E-state index in [4.69, 9.17) is 0 Å². The van der Waals surface area contributed by atoms with E-state index in [9.17, 15) is 0 Å². The number of hydrogen-bond donors (Lipinski definition) is 0. The maximum Gasteiger partial charge on any atom is 0.252 e. The summed E-state index contributed by atoms with van der Waals surface area (Å²) < 4.78 is 2.57. The number of aromatic nitrogens is 1. The van der Waals surface area contributed by atoms with Crippen LogP contribution in [0, 0.1) is 0 Å². The van der Waals surface area contributed by atoms with Crippen LogP contribution in [0.2, 0.25) is 0 Å². The molecule has 4 heteroatoms. The van der Waals surface area contributed by atoms with Gasteiger partial charge in [0.1, 0.15) is 0 Å². The van der Waals surface area contributed by atoms with Crippen molar-refractivity contribution in [2.75, 3.05) is 9.80 Å². The Labute approximate surface area is 453 Å². The first-order valence-corrected chi connectivity index (χ1v) is 27.0. The second-order valence-corrected chi connectivity index (χ2v) is 20.8. The first-order chi connectivity index (χ1) is 38.7. The van der Waals surface area contributed by atoms with Crippen molar-refractivity contribution in [3.05, 3.63) is 291 Å². The van der Waals surface area contributed by atoms with Gasteiger partial charge in [-0.25, -0.2) is 0 Å². The SMILES string of the molecule is c1ccc(-c2ccc(N3c4ccc(-c5ccccc5)cc4B4c5cc(-c6ccccc6)ccc5N(c5ccc(-c6ccccc6)cc5)c5cc(-n6c7ccc8ccccc8c7c7ccc8ccccc8c76)cc3c54)cc2)cc1. The average Bonchev–Trinajstić information content (AvgIpc) is 3.42. The molecule has 13 aromatic carbocycles. The Bertz CT molecular complexity index is 4450. The molecule has 14 aromatic rings. The molecular weight excluding hydrogens is 942 g/mol. The normalized spacial score (nSPS) is 12.5. The Balaban J connectivity index is 1.04. The highest BCUT2D eigenvalue weighted by Crippen LogP contribution is 2.49. The van der Waals surface area contributed by atoms with E-state index in [0.717, 1.165) is 39.8 Å². The first-order valence-electron chi connectivity index (χ1n) is 27.0. The quantitative estimate of drug-likeness (QED) is 0.147. The monoisotopic (exact) mass is 989 g/mol. The molecule has 0 saturated heterocycles. The van der Waals surface area contributed by atoms with Crippen LogP contribution in [0.3, 0.4) is 0 Å². The lowest BCUT2D eigenvalue weighted by molar-refractivity contribution is 1.16. The molecule has 0 amide bonds. The molecule has 3 heterocycles. The van der Waals surface area contributed by atoms with Gasteiger partial charge in [-0.1, -0.05) is 237 Å². The number of anilines is 6. The number of nitrogens with zero attached hydrogens (tertiary/aromatic N) is 3. The van der Waals surface area contributed by atoms with Crippen LogP contribution in [0.25, 0.3) is 93.5 Å². The molecule has 2 aliphatic heterocycles. The lowest BCUT2D eigenvalue weighted by Crippen LogP contribution is -2.61. The molecule has 0 N–H and O–H groups in total. The van der Waals surface area contributed by atoms with Gasteiger partial charge in [0.05, 0.1) is 16.7 Å². The fraction of sp³-hybridized carbons (Fsp3) is 0. The third-order valence-electron chi connectivity index (χ3n) is 16.5. The number of benzene rings is 13. The van der Waals surface area contributed by atoms with Crippen LogP contribution >= 0.6 is 0 Å². The van der Waals surface area contributed by atoms with Crippen molar-refractivity contribution in [3.8, 4) is 50.2 Å². The molecule has 1 aromatic heterocycles. The summed E-state index contributed by atoms with van der Waals surface area (Å²) in [4.78, 5) is 5.11. The highest BCUT2D eigenvalue weighted by molar-refractivity contribution is 7.00. The lowest BCUT2D eigenvalue weighted by atomic mass is 9.33. The smallest absolute Gasteiger partial charge is 0.252 e. The van der Waals surface area contributed by atoms with Gasteiger partial charge in [-0.3, -0.25) is 0 Å². The van der Waals surface area contributed by atoms with Gasteiger partial charge in [0.15, 0.2) is 0 Å². The van der Waals surface area contributed by atoms with E-state index in [0.29, 0.717) is 0 Å². The Hall–Kier alpha value is -10.2. The second-order valence-electron chi connectivity index (χ2n) is 20.8. The summed E-state index contributed by atoms with van der Waals surface area (Å²) in [5, 5.41) is 7.42. The second kappa shape index (κ2) is 17.7. The summed E-state index contributed by atoms with van der Waals surface area (Å²) in [6.45, 7) is -0.121. The van der Waals surface area contributed by atoms with Crippen molar-refractivity contribution >= 4 is 101 Å². The lowest BCUT2D eigenvalue weighted by Gasteiger charge is -2.44. The van der Waals surface area contributed by atoms with Crippen LogP contribution in [0.15, 0.2) is 291 Å². The van der Waals surface area contributed by atoms with Crippen LogP contribution in [-0.4, -0.2) is 11.3 Å². The molecule has 0 aliphatic carbocycles. The van der Waals surface area contributed by atoms with Crippen LogP contribution in [0.4, 0.5) is 34.1 Å². The minimum absolute atomic E-state index is 0.121. The van der Waals surface area contributed by atoms with E-state index in [1.54, 1.807) is 0 Å². The molecule has 0 saturated carbocycles. The van der Waals surface area contributed by atoms with Crippen molar-refractivity contribution in [3.63, 3.8) is 0 Å². The van der Waals surface area contributed by atoms with Crippen LogP contribution < -0.4 is 26.2 Å². The number of rotatable bonds is 7. The highest BCUT2D eigenvalue weighted by atomic mass is 15.2. The summed E-state index contributed by atoms with van der Waals surface area (Å²) in [6, 6.07) is 108. The summed E-state index contributed by atoms with van der Waals surface area (Å²) in [5.41, 5.74) is 23.6. The Kier molecular flexibility index (Phi) is 10.0. The van der Waals surface area contributed by atoms with Gasteiger partial charge < -0.3 is 14.4 Å². The van der Waals surface area contributed by atoms with Gasteiger partial charge in [-0.15, -0.1) is 0 Å². The molecule has 2 aliphatic rings. The molecule has 16 rings (SSSR count). The molecule has 0 fully saturated rings. The molecule has 0 unspecified atom stereocenters. The third-order valence-corrected chi connectivity index (χ3v) is 16.5. The van der Waals surface area contributed by atoms with Crippen molar-refractivity contribution in [1.29, 1.82) is 0 Å². The van der Waals surface area contributed by atoms with E-state index in [-0.39, 0.29) is 6.71 Å².